The normalized spacial score (nSPS) is 18.2. The number of rotatable bonds is 6. The van der Waals surface area contributed by atoms with Gasteiger partial charge in [-0.3, -0.25) is 4.90 Å². The molecule has 0 saturated carbocycles. The molecule has 0 radical (unpaired) electrons. The first kappa shape index (κ1) is 20.1. The summed E-state index contributed by atoms with van der Waals surface area (Å²) in [6.45, 7) is 5.71. The molecule has 0 fully saturated rings. The number of alkyl halides is 3. The summed E-state index contributed by atoms with van der Waals surface area (Å²) in [5.74, 6) is 0. The maximum atomic E-state index is 10.7. The van der Waals surface area contributed by atoms with Crippen LogP contribution in [0.3, 0.4) is 0 Å². The summed E-state index contributed by atoms with van der Waals surface area (Å²) in [6, 6.07) is 0. The summed E-state index contributed by atoms with van der Waals surface area (Å²) in [7, 11) is -6.09. The smallest absolute Gasteiger partial charge is 0.485 e. The van der Waals surface area contributed by atoms with E-state index in [4.69, 9.17) is 13.0 Å². The minimum Gasteiger partial charge on any atom is -0.741 e. The molecular formula is C13H22F3NO3S. The van der Waals surface area contributed by atoms with Gasteiger partial charge in [0.05, 0.1) is 12.7 Å². The number of allylic oxidation sites excluding steroid dienone is 2. The van der Waals surface area contributed by atoms with Gasteiger partial charge in [0.2, 0.25) is 0 Å². The van der Waals surface area contributed by atoms with Gasteiger partial charge in [0.25, 0.3) is 0 Å². The first-order valence-electron chi connectivity index (χ1n) is 6.82. The highest BCUT2D eigenvalue weighted by atomic mass is 32.2. The van der Waals surface area contributed by atoms with Gasteiger partial charge in [0.1, 0.15) is 6.20 Å². The van der Waals surface area contributed by atoms with E-state index in [9.17, 15) is 13.2 Å². The van der Waals surface area contributed by atoms with Crippen LogP contribution in [0.15, 0.2) is 24.0 Å². The topological polar surface area (TPSA) is 61.6 Å². The van der Waals surface area contributed by atoms with Gasteiger partial charge in [-0.05, 0) is 25.8 Å². The van der Waals surface area contributed by atoms with Crippen LogP contribution in [0.1, 0.15) is 46.0 Å². The van der Waals surface area contributed by atoms with E-state index in [1.807, 2.05) is 0 Å². The van der Waals surface area contributed by atoms with Crippen molar-refractivity contribution in [1.82, 2.24) is 0 Å². The molecule has 21 heavy (non-hydrogen) atoms. The van der Waals surface area contributed by atoms with Gasteiger partial charge in [-0.15, -0.1) is 0 Å². The van der Waals surface area contributed by atoms with E-state index in [0.29, 0.717) is 0 Å². The van der Waals surface area contributed by atoms with Gasteiger partial charge in [-0.1, -0.05) is 26.2 Å². The molecule has 0 aromatic heterocycles. The van der Waals surface area contributed by atoms with E-state index >= 15 is 0 Å². The third-order valence-corrected chi connectivity index (χ3v) is 3.39. The van der Waals surface area contributed by atoms with Crippen LogP contribution in [0.4, 0.5) is 13.2 Å². The molecule has 0 amide bonds. The Bertz CT molecular complexity index is 456. The predicted octanol–water partition coefficient (Wildman–Crippen LogP) is 2.32. The van der Waals surface area contributed by atoms with Crippen molar-refractivity contribution in [3.8, 4) is 0 Å². The Morgan fingerprint density at radius 2 is 1.71 bits per heavy atom. The second kappa shape index (κ2) is 9.22. The molecule has 0 saturated heterocycles. The van der Waals surface area contributed by atoms with Gasteiger partial charge >= 0.3 is 5.51 Å². The maximum absolute atomic E-state index is 10.7. The molecule has 1 unspecified atom stereocenters. The van der Waals surface area contributed by atoms with E-state index in [0.717, 1.165) is 0 Å². The van der Waals surface area contributed by atoms with Crippen molar-refractivity contribution in [1.29, 1.82) is 0 Å². The van der Waals surface area contributed by atoms with Gasteiger partial charge < -0.3 is 4.55 Å². The summed E-state index contributed by atoms with van der Waals surface area (Å²) >= 11 is 0. The lowest BCUT2D eigenvalue weighted by molar-refractivity contribution is -0.788. The summed E-state index contributed by atoms with van der Waals surface area (Å²) in [5.41, 5.74) is -4.24. The minimum absolute atomic E-state index is 1.28. The van der Waals surface area contributed by atoms with Crippen molar-refractivity contribution < 1.29 is 31.0 Å². The maximum Gasteiger partial charge on any atom is 0.485 e. The molecule has 0 aromatic rings. The van der Waals surface area contributed by atoms with Crippen molar-refractivity contribution >= 4 is 10.1 Å². The summed E-state index contributed by atoms with van der Waals surface area (Å²) in [5, 5.41) is 0. The molecule has 0 bridgehead atoms. The van der Waals surface area contributed by atoms with Gasteiger partial charge in [-0.25, -0.2) is 8.42 Å². The van der Waals surface area contributed by atoms with E-state index < -0.39 is 15.6 Å². The van der Waals surface area contributed by atoms with Crippen LogP contribution in [0.5, 0.6) is 0 Å². The van der Waals surface area contributed by atoms with E-state index in [2.05, 4.69) is 32.3 Å². The van der Waals surface area contributed by atoms with Crippen LogP contribution in [0.2, 0.25) is 0 Å². The zero-order valence-corrected chi connectivity index (χ0v) is 13.1. The lowest BCUT2D eigenvalue weighted by Crippen LogP contribution is -3.01. The molecule has 1 atom stereocenters. The molecule has 1 N–H and O–H groups in total. The summed E-state index contributed by atoms with van der Waals surface area (Å²) < 4.78 is 58.9. The van der Waals surface area contributed by atoms with Crippen LogP contribution in [-0.2, 0) is 10.1 Å². The van der Waals surface area contributed by atoms with Crippen molar-refractivity contribution in [3.05, 3.63) is 24.0 Å². The average Bonchev–Trinajstić information content (AvgIpc) is 2.73. The molecule has 0 spiro atoms. The number of unbranched alkanes of at least 4 members (excludes halogenated alkanes) is 4. The fourth-order valence-electron chi connectivity index (χ4n) is 1.72. The summed E-state index contributed by atoms with van der Waals surface area (Å²) in [4.78, 5) is 1.52. The fraction of sp³-hybridized carbons (Fsp3) is 0.692. The third-order valence-electron chi connectivity index (χ3n) is 2.83. The first-order valence-corrected chi connectivity index (χ1v) is 8.23. The molecular weight excluding hydrogens is 307 g/mol. The van der Waals surface area contributed by atoms with Gasteiger partial charge in [-0.2, -0.15) is 13.2 Å². The molecule has 1 aliphatic heterocycles. The highest BCUT2D eigenvalue weighted by Gasteiger charge is 2.36. The SMILES string of the molecule is CCCCCCC[NH+]1C=CC(C)=C1.O=S(=O)([O-])C(F)(F)F. The Balaban J connectivity index is 0.000000433. The second-order valence-electron chi connectivity index (χ2n) is 4.86. The number of halogens is 3. The van der Waals surface area contributed by atoms with Gasteiger partial charge in [0, 0.05) is 5.57 Å². The van der Waals surface area contributed by atoms with Crippen LogP contribution in [0.25, 0.3) is 0 Å². The zero-order valence-electron chi connectivity index (χ0n) is 12.2. The van der Waals surface area contributed by atoms with Crippen LogP contribution in [0, 0.1) is 0 Å². The molecule has 4 nitrogen and oxygen atoms in total. The largest absolute Gasteiger partial charge is 0.741 e. The number of hydrogen-bond donors (Lipinski definition) is 1. The quantitative estimate of drug-likeness (QED) is 0.462. The molecule has 0 aliphatic carbocycles. The van der Waals surface area contributed by atoms with E-state index in [1.165, 1.54) is 49.1 Å². The van der Waals surface area contributed by atoms with E-state index in [1.54, 1.807) is 0 Å². The number of quaternary nitrogens is 1. The van der Waals surface area contributed by atoms with Crippen molar-refractivity contribution in [2.45, 2.75) is 51.5 Å². The predicted molar refractivity (Wildman–Crippen MR) is 73.2 cm³/mol. The van der Waals surface area contributed by atoms with Crippen LogP contribution < -0.4 is 4.90 Å². The minimum atomic E-state index is -6.09. The Morgan fingerprint density at radius 3 is 2.10 bits per heavy atom. The summed E-state index contributed by atoms with van der Waals surface area (Å²) in [6.07, 6.45) is 13.7. The Labute approximate surface area is 124 Å². The Kier molecular flexibility index (Phi) is 8.84. The molecule has 1 heterocycles. The average molecular weight is 329 g/mol. The fourth-order valence-corrected chi connectivity index (χ4v) is 1.72. The van der Waals surface area contributed by atoms with Crippen molar-refractivity contribution in [2.75, 3.05) is 6.54 Å². The van der Waals surface area contributed by atoms with E-state index in [-0.39, 0.29) is 0 Å². The zero-order chi connectivity index (χ0) is 16.5. The van der Waals surface area contributed by atoms with Crippen molar-refractivity contribution in [3.63, 3.8) is 0 Å². The molecule has 0 aromatic carbocycles. The standard InChI is InChI=1S/C12H21N.CHF3O3S/c1-3-4-5-6-7-9-13-10-8-12(2)11-13;2-1(3,4)8(5,6)7/h8,10-11H,3-7,9H2,1-2H3;(H,5,6,7). The molecule has 124 valence electrons. The lowest BCUT2D eigenvalue weighted by Gasteiger charge is -2.08. The Hall–Kier alpha value is -0.860. The lowest BCUT2D eigenvalue weighted by atomic mass is 10.1. The molecule has 1 aliphatic rings. The highest BCUT2D eigenvalue weighted by molar-refractivity contribution is 7.86. The monoisotopic (exact) mass is 329 g/mol. The van der Waals surface area contributed by atoms with Crippen LogP contribution >= 0.6 is 0 Å². The van der Waals surface area contributed by atoms with Crippen molar-refractivity contribution in [2.24, 2.45) is 0 Å². The number of nitrogens with one attached hydrogen (secondary N) is 1. The number of hydrogen-bond acceptors (Lipinski definition) is 3. The molecule has 1 rings (SSSR count). The Morgan fingerprint density at radius 1 is 1.19 bits per heavy atom. The molecule has 8 heteroatoms. The van der Waals surface area contributed by atoms with Crippen LogP contribution in [-0.4, -0.2) is 25.0 Å². The van der Waals surface area contributed by atoms with Gasteiger partial charge in [0.15, 0.2) is 10.1 Å². The first-order chi connectivity index (χ1) is 9.58. The third kappa shape index (κ3) is 9.65. The second-order valence-corrected chi connectivity index (χ2v) is 6.23. The highest BCUT2D eigenvalue weighted by Crippen LogP contribution is 2.20.